The summed E-state index contributed by atoms with van der Waals surface area (Å²) in [6.07, 6.45) is 0.619. The zero-order valence-electron chi connectivity index (χ0n) is 13.6. The third kappa shape index (κ3) is 3.34. The van der Waals surface area contributed by atoms with E-state index in [-0.39, 0.29) is 18.9 Å². The van der Waals surface area contributed by atoms with E-state index in [2.05, 4.69) is 9.80 Å². The van der Waals surface area contributed by atoms with E-state index in [0.717, 1.165) is 50.6 Å². The maximum absolute atomic E-state index is 10.6. The van der Waals surface area contributed by atoms with Crippen LogP contribution in [0.5, 0.6) is 11.5 Å². The van der Waals surface area contributed by atoms with Gasteiger partial charge in [0.05, 0.1) is 19.3 Å². The molecule has 1 aromatic carbocycles. The van der Waals surface area contributed by atoms with Crippen LogP contribution in [0, 0.1) is 0 Å². The first-order valence-electron chi connectivity index (χ1n) is 8.51. The predicted molar refractivity (Wildman–Crippen MR) is 89.7 cm³/mol. The summed E-state index contributed by atoms with van der Waals surface area (Å²) in [4.78, 5) is 4.62. The van der Waals surface area contributed by atoms with Crippen molar-refractivity contribution in [3.8, 4) is 11.5 Å². The zero-order valence-corrected chi connectivity index (χ0v) is 14.4. The first-order chi connectivity index (χ1) is 11.7. The van der Waals surface area contributed by atoms with Crippen molar-refractivity contribution in [1.82, 2.24) is 9.80 Å². The lowest BCUT2D eigenvalue weighted by atomic mass is 9.99. The molecular formula is C17H23ClN2O4. The molecule has 0 amide bonds. The molecule has 3 aliphatic heterocycles. The van der Waals surface area contributed by atoms with Gasteiger partial charge in [0.15, 0.2) is 11.5 Å². The Bertz CT molecular complexity index is 594. The Kier molecular flexibility index (Phi) is 4.83. The van der Waals surface area contributed by atoms with Crippen LogP contribution in [0.1, 0.15) is 12.0 Å². The van der Waals surface area contributed by atoms with Gasteiger partial charge in [-0.1, -0.05) is 11.6 Å². The number of β-amino-alcohol motifs (C(OH)–C–C–N with tert-alkyl or cyclic N) is 1. The third-order valence-corrected chi connectivity index (χ3v) is 5.43. The number of benzene rings is 1. The molecule has 0 saturated carbocycles. The molecule has 2 saturated heterocycles. The number of fused-ring (bicyclic) bond motifs is 1. The number of nitrogens with zero attached hydrogens (tertiary/aromatic N) is 2. The van der Waals surface area contributed by atoms with Crippen molar-refractivity contribution in [2.75, 3.05) is 46.2 Å². The molecular weight excluding hydrogens is 332 g/mol. The average molecular weight is 355 g/mol. The second-order valence-electron chi connectivity index (χ2n) is 6.60. The van der Waals surface area contributed by atoms with Gasteiger partial charge in [-0.15, -0.1) is 0 Å². The summed E-state index contributed by atoms with van der Waals surface area (Å²) < 4.78 is 16.2. The molecule has 2 atom stereocenters. The minimum Gasteiger partial charge on any atom is -0.454 e. The van der Waals surface area contributed by atoms with Gasteiger partial charge in [-0.2, -0.15) is 0 Å². The second kappa shape index (κ2) is 7.06. The molecule has 3 heterocycles. The lowest BCUT2D eigenvalue weighted by molar-refractivity contribution is -0.0534. The lowest BCUT2D eigenvalue weighted by Gasteiger charge is -2.43. The van der Waals surface area contributed by atoms with Crippen LogP contribution in [0.3, 0.4) is 0 Å². The summed E-state index contributed by atoms with van der Waals surface area (Å²) in [5.74, 6) is 1.45. The van der Waals surface area contributed by atoms with Crippen LogP contribution in [-0.2, 0) is 11.3 Å². The van der Waals surface area contributed by atoms with Gasteiger partial charge in [0.25, 0.3) is 0 Å². The summed E-state index contributed by atoms with van der Waals surface area (Å²) >= 11 is 6.37. The van der Waals surface area contributed by atoms with Gasteiger partial charge in [0, 0.05) is 49.9 Å². The van der Waals surface area contributed by atoms with Crippen LogP contribution >= 0.6 is 11.6 Å². The number of aliphatic hydroxyl groups is 1. The van der Waals surface area contributed by atoms with Crippen molar-refractivity contribution >= 4 is 11.6 Å². The fourth-order valence-corrected chi connectivity index (χ4v) is 4.00. The normalized spacial score (nSPS) is 28.2. The Hall–Kier alpha value is -1.05. The summed E-state index contributed by atoms with van der Waals surface area (Å²) in [6, 6.07) is 4.00. The molecule has 0 unspecified atom stereocenters. The Morgan fingerprint density at radius 1 is 1.12 bits per heavy atom. The highest BCUT2D eigenvalue weighted by atomic mass is 35.5. The smallest absolute Gasteiger partial charge is 0.231 e. The van der Waals surface area contributed by atoms with E-state index in [1.54, 1.807) is 0 Å². The van der Waals surface area contributed by atoms with Crippen LogP contribution in [0.4, 0.5) is 0 Å². The third-order valence-electron chi connectivity index (χ3n) is 5.08. The summed E-state index contributed by atoms with van der Waals surface area (Å²) in [7, 11) is 0. The molecule has 1 aromatic rings. The lowest BCUT2D eigenvalue weighted by Crippen LogP contribution is -2.56. The van der Waals surface area contributed by atoms with Crippen LogP contribution in [0.25, 0.3) is 0 Å². The van der Waals surface area contributed by atoms with Gasteiger partial charge in [-0.25, -0.2) is 0 Å². The van der Waals surface area contributed by atoms with E-state index in [4.69, 9.17) is 25.8 Å². The first kappa shape index (κ1) is 16.4. The quantitative estimate of drug-likeness (QED) is 0.884. The molecule has 0 spiro atoms. The molecule has 7 heteroatoms. The van der Waals surface area contributed by atoms with E-state index in [0.29, 0.717) is 23.9 Å². The van der Waals surface area contributed by atoms with Crippen LogP contribution in [0.2, 0.25) is 5.02 Å². The fraction of sp³-hybridized carbons (Fsp3) is 0.647. The number of ether oxygens (including phenoxy) is 3. The molecule has 0 aromatic heterocycles. The standard InChI is InChI=1S/C17H23ClN2O4/c18-13-8-17-16(23-11-24-17)7-12(13)9-19-2-1-14(15(21)10-19)20-3-5-22-6-4-20/h7-8,14-15,21H,1-6,9-11H2/t14-,15-/m1/s1. The highest BCUT2D eigenvalue weighted by Crippen LogP contribution is 2.37. The number of aliphatic hydroxyl groups excluding tert-OH is 1. The molecule has 24 heavy (non-hydrogen) atoms. The summed E-state index contributed by atoms with van der Waals surface area (Å²) in [6.45, 7) is 5.92. The molecule has 0 radical (unpaired) electrons. The molecule has 3 aliphatic rings. The molecule has 132 valence electrons. The fourth-order valence-electron chi connectivity index (χ4n) is 3.78. The van der Waals surface area contributed by atoms with Gasteiger partial charge in [0.2, 0.25) is 6.79 Å². The van der Waals surface area contributed by atoms with Gasteiger partial charge in [0.1, 0.15) is 0 Å². The van der Waals surface area contributed by atoms with E-state index in [9.17, 15) is 5.11 Å². The van der Waals surface area contributed by atoms with Crippen LogP contribution in [-0.4, -0.2) is 73.2 Å². The highest BCUT2D eigenvalue weighted by molar-refractivity contribution is 6.31. The Morgan fingerprint density at radius 2 is 1.88 bits per heavy atom. The number of piperidine rings is 1. The number of rotatable bonds is 3. The monoisotopic (exact) mass is 354 g/mol. The SMILES string of the molecule is O[C@@H]1CN(Cc2cc3c(cc2Cl)OCO3)CC[C@H]1N1CCOCC1. The first-order valence-corrected chi connectivity index (χ1v) is 8.89. The highest BCUT2D eigenvalue weighted by Gasteiger charge is 2.33. The largest absolute Gasteiger partial charge is 0.454 e. The van der Waals surface area contributed by atoms with Crippen LogP contribution in [0.15, 0.2) is 12.1 Å². The molecule has 2 fully saturated rings. The Balaban J connectivity index is 1.39. The van der Waals surface area contributed by atoms with Crippen molar-refractivity contribution in [3.63, 3.8) is 0 Å². The number of hydrogen-bond donors (Lipinski definition) is 1. The number of likely N-dealkylation sites (tertiary alicyclic amines) is 1. The molecule has 4 rings (SSSR count). The number of hydrogen-bond acceptors (Lipinski definition) is 6. The molecule has 0 bridgehead atoms. The van der Waals surface area contributed by atoms with E-state index < -0.39 is 0 Å². The molecule has 0 aliphatic carbocycles. The molecule has 6 nitrogen and oxygen atoms in total. The minimum atomic E-state index is -0.343. The Morgan fingerprint density at radius 3 is 2.62 bits per heavy atom. The van der Waals surface area contributed by atoms with E-state index in [1.165, 1.54) is 0 Å². The number of halogens is 1. The van der Waals surface area contributed by atoms with Crippen molar-refractivity contribution in [1.29, 1.82) is 0 Å². The zero-order chi connectivity index (χ0) is 16.5. The van der Waals surface area contributed by atoms with Gasteiger partial charge in [-0.3, -0.25) is 9.80 Å². The van der Waals surface area contributed by atoms with Crippen molar-refractivity contribution < 1.29 is 19.3 Å². The topological polar surface area (TPSA) is 54.4 Å². The maximum Gasteiger partial charge on any atom is 0.231 e. The van der Waals surface area contributed by atoms with Gasteiger partial charge in [-0.05, 0) is 18.1 Å². The van der Waals surface area contributed by atoms with Crippen molar-refractivity contribution in [2.45, 2.75) is 25.1 Å². The van der Waals surface area contributed by atoms with Gasteiger partial charge >= 0.3 is 0 Å². The van der Waals surface area contributed by atoms with Gasteiger partial charge < -0.3 is 19.3 Å². The maximum atomic E-state index is 10.6. The van der Waals surface area contributed by atoms with Crippen LogP contribution < -0.4 is 9.47 Å². The molecule has 1 N–H and O–H groups in total. The number of morpholine rings is 1. The second-order valence-corrected chi connectivity index (χ2v) is 7.01. The Labute approximate surface area is 146 Å². The predicted octanol–water partition coefficient (Wildman–Crippen LogP) is 1.34. The summed E-state index contributed by atoms with van der Waals surface area (Å²) in [5.41, 5.74) is 1.01. The minimum absolute atomic E-state index is 0.234. The van der Waals surface area contributed by atoms with Crippen molar-refractivity contribution in [3.05, 3.63) is 22.7 Å². The van der Waals surface area contributed by atoms with Crippen molar-refractivity contribution in [2.24, 2.45) is 0 Å². The van der Waals surface area contributed by atoms with E-state index >= 15 is 0 Å². The average Bonchev–Trinajstić information content (AvgIpc) is 3.03. The van der Waals surface area contributed by atoms with E-state index in [1.807, 2.05) is 12.1 Å². The summed E-state index contributed by atoms with van der Waals surface area (Å²) in [5, 5.41) is 11.3.